The topological polar surface area (TPSA) is 118 Å². The van der Waals surface area contributed by atoms with Crippen molar-refractivity contribution in [2.24, 2.45) is 10.2 Å². The Hall–Kier alpha value is -2.84. The van der Waals surface area contributed by atoms with Gasteiger partial charge in [0.1, 0.15) is 10.6 Å². The minimum absolute atomic E-state index is 0.118. The number of nitrogens with two attached hydrogens (primary N) is 1. The van der Waals surface area contributed by atoms with Crippen LogP contribution in [0.25, 0.3) is 10.9 Å². The van der Waals surface area contributed by atoms with E-state index in [4.69, 9.17) is 5.73 Å². The van der Waals surface area contributed by atoms with Crippen molar-refractivity contribution in [1.29, 1.82) is 0 Å². The van der Waals surface area contributed by atoms with Gasteiger partial charge in [0.25, 0.3) is 10.1 Å². The van der Waals surface area contributed by atoms with E-state index in [1.54, 1.807) is 30.3 Å². The molecule has 23 heavy (non-hydrogen) atoms. The van der Waals surface area contributed by atoms with Crippen molar-refractivity contribution < 1.29 is 13.0 Å². The Bertz CT molecular complexity index is 1000. The Morgan fingerprint density at radius 3 is 2.48 bits per heavy atom. The van der Waals surface area contributed by atoms with Gasteiger partial charge in [0.2, 0.25) is 0 Å². The summed E-state index contributed by atoms with van der Waals surface area (Å²) in [7, 11) is -4.45. The van der Waals surface area contributed by atoms with Crippen molar-refractivity contribution in [1.82, 2.24) is 4.98 Å². The summed E-state index contributed by atoms with van der Waals surface area (Å²) in [4.78, 5) is 3.76. The summed E-state index contributed by atoms with van der Waals surface area (Å²) in [6.45, 7) is 0. The molecule has 0 atom stereocenters. The van der Waals surface area contributed by atoms with Crippen LogP contribution in [0.3, 0.4) is 0 Å². The van der Waals surface area contributed by atoms with Gasteiger partial charge in [0.15, 0.2) is 0 Å². The summed E-state index contributed by atoms with van der Waals surface area (Å²) in [6, 6.07) is 13.2. The Labute approximate surface area is 132 Å². The van der Waals surface area contributed by atoms with Crippen LogP contribution in [0.4, 0.5) is 17.1 Å². The number of aromatic nitrogens is 1. The Kier molecular flexibility index (Phi) is 3.77. The van der Waals surface area contributed by atoms with Crippen molar-refractivity contribution in [2.75, 3.05) is 5.73 Å². The first-order chi connectivity index (χ1) is 11.0. The van der Waals surface area contributed by atoms with Crippen LogP contribution in [0.5, 0.6) is 0 Å². The molecule has 0 saturated carbocycles. The highest BCUT2D eigenvalue weighted by atomic mass is 32.2. The van der Waals surface area contributed by atoms with E-state index in [9.17, 15) is 13.0 Å². The van der Waals surface area contributed by atoms with Crippen molar-refractivity contribution >= 4 is 38.1 Å². The van der Waals surface area contributed by atoms with Gasteiger partial charge in [-0.15, -0.1) is 5.11 Å². The molecule has 0 aliphatic carbocycles. The minimum atomic E-state index is -4.45. The van der Waals surface area contributed by atoms with Crippen LogP contribution in [0.1, 0.15) is 0 Å². The number of hydrogen-bond acceptors (Lipinski definition) is 6. The van der Waals surface area contributed by atoms with Crippen LogP contribution in [0.2, 0.25) is 0 Å². The number of benzene rings is 2. The molecule has 0 spiro atoms. The molecule has 0 aliphatic heterocycles. The van der Waals surface area contributed by atoms with E-state index in [2.05, 4.69) is 15.2 Å². The fraction of sp³-hybridized carbons (Fsp3) is 0. The van der Waals surface area contributed by atoms with E-state index in [1.807, 2.05) is 6.07 Å². The molecule has 0 bridgehead atoms. The van der Waals surface area contributed by atoms with E-state index < -0.39 is 10.1 Å². The minimum Gasteiger partial charge on any atom is -0.395 e. The zero-order valence-corrected chi connectivity index (χ0v) is 12.6. The number of hydrogen-bond donors (Lipinski definition) is 2. The van der Waals surface area contributed by atoms with Crippen LogP contribution in [-0.4, -0.2) is 18.0 Å². The van der Waals surface area contributed by atoms with E-state index in [1.165, 1.54) is 18.3 Å². The lowest BCUT2D eigenvalue weighted by molar-refractivity contribution is 0.484. The summed E-state index contributed by atoms with van der Waals surface area (Å²) in [5.41, 5.74) is 7.13. The summed E-state index contributed by atoms with van der Waals surface area (Å²) >= 11 is 0. The molecule has 7 nitrogen and oxygen atoms in total. The van der Waals surface area contributed by atoms with Gasteiger partial charge in [-0.1, -0.05) is 18.2 Å². The molecule has 2 aromatic carbocycles. The monoisotopic (exact) mass is 328 g/mol. The fourth-order valence-corrected chi connectivity index (χ4v) is 2.83. The van der Waals surface area contributed by atoms with Gasteiger partial charge in [-0.2, -0.15) is 13.5 Å². The quantitative estimate of drug-likeness (QED) is 0.433. The van der Waals surface area contributed by atoms with Gasteiger partial charge < -0.3 is 5.73 Å². The number of anilines is 1. The molecule has 8 heteroatoms. The average molecular weight is 328 g/mol. The van der Waals surface area contributed by atoms with Gasteiger partial charge >= 0.3 is 0 Å². The van der Waals surface area contributed by atoms with Crippen molar-refractivity contribution in [2.45, 2.75) is 4.90 Å². The molecule has 1 aromatic heterocycles. The molecule has 0 saturated heterocycles. The van der Waals surface area contributed by atoms with Gasteiger partial charge in [-0.3, -0.25) is 9.54 Å². The predicted octanol–water partition coefficient (Wildman–Crippen LogP) is 3.48. The highest BCUT2D eigenvalue weighted by molar-refractivity contribution is 7.86. The number of fused-ring (bicyclic) bond motifs is 1. The van der Waals surface area contributed by atoms with Gasteiger partial charge in [-0.05, 0) is 30.3 Å². The van der Waals surface area contributed by atoms with Crippen molar-refractivity contribution in [3.05, 3.63) is 54.7 Å². The maximum Gasteiger partial charge on any atom is 0.295 e. The molecule has 0 unspecified atom stereocenters. The zero-order chi connectivity index (χ0) is 16.4. The number of nitrogen functional groups attached to an aromatic ring is 1. The number of rotatable bonds is 3. The molecule has 3 aromatic rings. The van der Waals surface area contributed by atoms with Crippen LogP contribution in [0.15, 0.2) is 69.9 Å². The lowest BCUT2D eigenvalue weighted by atomic mass is 10.1. The average Bonchev–Trinajstić information content (AvgIpc) is 2.54. The summed E-state index contributed by atoms with van der Waals surface area (Å²) in [5.74, 6) is 0. The molecule has 116 valence electrons. The van der Waals surface area contributed by atoms with Crippen LogP contribution in [-0.2, 0) is 10.1 Å². The molecule has 1 heterocycles. The van der Waals surface area contributed by atoms with E-state index in [0.29, 0.717) is 5.69 Å². The van der Waals surface area contributed by atoms with Gasteiger partial charge in [0, 0.05) is 11.6 Å². The lowest BCUT2D eigenvalue weighted by Crippen LogP contribution is -2.01. The normalized spacial score (nSPS) is 12.0. The largest absolute Gasteiger partial charge is 0.395 e. The Morgan fingerprint density at radius 1 is 1.04 bits per heavy atom. The predicted molar refractivity (Wildman–Crippen MR) is 86.6 cm³/mol. The van der Waals surface area contributed by atoms with Crippen molar-refractivity contribution in [3.8, 4) is 0 Å². The second-order valence-corrected chi connectivity index (χ2v) is 6.11. The molecule has 0 amide bonds. The van der Waals surface area contributed by atoms with Gasteiger partial charge in [-0.25, -0.2) is 0 Å². The molecular weight excluding hydrogens is 316 g/mol. The molecule has 3 N–H and O–H groups in total. The number of pyridine rings is 1. The first kappa shape index (κ1) is 15.1. The standard InChI is InChI=1S/C15H12N4O3S/c16-14-12(19-18-10-5-2-1-3-6-10)9-13(23(20,21)22)11-7-4-8-17-15(11)14/h1-9H,16H2,(H,20,21,22)/b19-18+. The van der Waals surface area contributed by atoms with Crippen LogP contribution in [0, 0.1) is 0 Å². The highest BCUT2D eigenvalue weighted by Crippen LogP contribution is 2.35. The zero-order valence-electron chi connectivity index (χ0n) is 11.8. The molecule has 3 rings (SSSR count). The third-order valence-electron chi connectivity index (χ3n) is 3.18. The molecule has 0 fully saturated rings. The smallest absolute Gasteiger partial charge is 0.295 e. The lowest BCUT2D eigenvalue weighted by Gasteiger charge is -2.08. The van der Waals surface area contributed by atoms with Crippen LogP contribution >= 0.6 is 0 Å². The second kappa shape index (κ2) is 5.75. The number of nitrogens with zero attached hydrogens (tertiary/aromatic N) is 3. The summed E-state index contributed by atoms with van der Waals surface area (Å²) in [6.07, 6.45) is 1.48. The second-order valence-electron chi connectivity index (χ2n) is 4.72. The van der Waals surface area contributed by atoms with Gasteiger partial charge in [0.05, 0.1) is 16.9 Å². The Balaban J connectivity index is 2.22. The third-order valence-corrected chi connectivity index (χ3v) is 4.07. The molecule has 0 radical (unpaired) electrons. The summed E-state index contributed by atoms with van der Waals surface area (Å²) < 4.78 is 32.6. The summed E-state index contributed by atoms with van der Waals surface area (Å²) in [5, 5.41) is 8.22. The molecular formula is C15H12N4O3S. The number of azo groups is 1. The fourth-order valence-electron chi connectivity index (χ4n) is 2.12. The first-order valence-corrected chi connectivity index (χ1v) is 8.02. The van der Waals surface area contributed by atoms with E-state index >= 15 is 0 Å². The Morgan fingerprint density at radius 2 is 1.78 bits per heavy atom. The van der Waals surface area contributed by atoms with Crippen molar-refractivity contribution in [3.63, 3.8) is 0 Å². The molecule has 0 aliphatic rings. The first-order valence-electron chi connectivity index (χ1n) is 6.58. The van der Waals surface area contributed by atoms with Crippen LogP contribution < -0.4 is 5.73 Å². The van der Waals surface area contributed by atoms with E-state index in [0.717, 1.165) is 0 Å². The third kappa shape index (κ3) is 3.03. The highest BCUT2D eigenvalue weighted by Gasteiger charge is 2.19. The maximum atomic E-state index is 11.6. The maximum absolute atomic E-state index is 11.6. The van der Waals surface area contributed by atoms with E-state index in [-0.39, 0.29) is 27.2 Å². The SMILES string of the molecule is Nc1c(/N=N/c2ccccc2)cc(S(=O)(=O)O)c2cccnc12.